The molecular formula is C20H19NO5. The van der Waals surface area contributed by atoms with Crippen LogP contribution in [-0.2, 0) is 20.7 Å². The van der Waals surface area contributed by atoms with Crippen LogP contribution in [0.15, 0.2) is 48.5 Å². The van der Waals surface area contributed by atoms with Gasteiger partial charge in [0.1, 0.15) is 0 Å². The first-order valence-corrected chi connectivity index (χ1v) is 8.30. The highest BCUT2D eigenvalue weighted by Gasteiger charge is 2.29. The molecule has 134 valence electrons. The smallest absolute Gasteiger partial charge is 0.338 e. The van der Waals surface area contributed by atoms with Crippen LogP contribution in [0.2, 0.25) is 0 Å². The lowest BCUT2D eigenvalue weighted by atomic mass is 10.1. The molecule has 1 heterocycles. The van der Waals surface area contributed by atoms with Gasteiger partial charge >= 0.3 is 11.9 Å². The number of methoxy groups -OCH3 is 1. The lowest BCUT2D eigenvalue weighted by Gasteiger charge is -2.21. The van der Waals surface area contributed by atoms with Gasteiger partial charge in [-0.2, -0.15) is 0 Å². The van der Waals surface area contributed by atoms with Crippen molar-refractivity contribution in [2.45, 2.75) is 19.4 Å². The van der Waals surface area contributed by atoms with Crippen LogP contribution in [0.25, 0.3) is 0 Å². The summed E-state index contributed by atoms with van der Waals surface area (Å²) in [4.78, 5) is 38.0. The van der Waals surface area contributed by atoms with Crippen molar-refractivity contribution in [3.8, 4) is 0 Å². The van der Waals surface area contributed by atoms with Crippen LogP contribution in [0.4, 0.5) is 5.69 Å². The van der Waals surface area contributed by atoms with E-state index in [0.717, 1.165) is 17.7 Å². The van der Waals surface area contributed by atoms with Gasteiger partial charge in [0.2, 0.25) is 0 Å². The van der Waals surface area contributed by atoms with Gasteiger partial charge in [0.05, 0.1) is 18.2 Å². The molecule has 1 aliphatic heterocycles. The maximum atomic E-state index is 12.6. The van der Waals surface area contributed by atoms with Crippen molar-refractivity contribution < 1.29 is 23.9 Å². The number of hydrogen-bond donors (Lipinski definition) is 0. The van der Waals surface area contributed by atoms with Gasteiger partial charge in [-0.1, -0.05) is 18.2 Å². The molecule has 2 aromatic carbocycles. The summed E-state index contributed by atoms with van der Waals surface area (Å²) < 4.78 is 9.92. The summed E-state index contributed by atoms with van der Waals surface area (Å²) in [7, 11) is 1.29. The molecule has 1 amide bonds. The summed E-state index contributed by atoms with van der Waals surface area (Å²) in [6, 6.07) is 13.6. The third-order valence-corrected chi connectivity index (χ3v) is 4.33. The topological polar surface area (TPSA) is 72.9 Å². The Morgan fingerprint density at radius 1 is 0.962 bits per heavy atom. The zero-order chi connectivity index (χ0) is 18.7. The zero-order valence-corrected chi connectivity index (χ0v) is 14.6. The number of rotatable bonds is 4. The van der Waals surface area contributed by atoms with Gasteiger partial charge in [0.15, 0.2) is 6.10 Å². The van der Waals surface area contributed by atoms with Crippen molar-refractivity contribution in [3.63, 3.8) is 0 Å². The molecule has 0 aliphatic carbocycles. The molecule has 0 N–H and O–H groups in total. The molecule has 0 unspecified atom stereocenters. The largest absolute Gasteiger partial charge is 0.465 e. The van der Waals surface area contributed by atoms with E-state index in [0.29, 0.717) is 12.1 Å². The van der Waals surface area contributed by atoms with E-state index >= 15 is 0 Å². The number of anilines is 1. The summed E-state index contributed by atoms with van der Waals surface area (Å²) >= 11 is 0. The molecule has 0 saturated carbocycles. The van der Waals surface area contributed by atoms with E-state index in [1.807, 2.05) is 24.3 Å². The van der Waals surface area contributed by atoms with Gasteiger partial charge in [-0.05, 0) is 49.2 Å². The molecule has 0 spiro atoms. The number of carbonyl (C=O) groups excluding carboxylic acids is 3. The highest BCUT2D eigenvalue weighted by atomic mass is 16.5. The molecule has 6 nitrogen and oxygen atoms in total. The lowest BCUT2D eigenvalue weighted by Crippen LogP contribution is -2.39. The van der Waals surface area contributed by atoms with Crippen molar-refractivity contribution in [1.29, 1.82) is 0 Å². The number of benzene rings is 2. The Bertz CT molecular complexity index is 844. The highest BCUT2D eigenvalue weighted by molar-refractivity contribution is 6.00. The van der Waals surface area contributed by atoms with E-state index in [4.69, 9.17) is 4.74 Å². The van der Waals surface area contributed by atoms with Crippen molar-refractivity contribution in [2.75, 3.05) is 18.6 Å². The van der Waals surface area contributed by atoms with Crippen molar-refractivity contribution in [1.82, 2.24) is 0 Å². The van der Waals surface area contributed by atoms with E-state index in [1.165, 1.54) is 31.4 Å². The van der Waals surface area contributed by atoms with Crippen LogP contribution >= 0.6 is 0 Å². The fourth-order valence-corrected chi connectivity index (χ4v) is 2.93. The molecule has 0 bridgehead atoms. The first kappa shape index (κ1) is 17.7. The van der Waals surface area contributed by atoms with Crippen LogP contribution in [0.1, 0.15) is 33.2 Å². The SMILES string of the molecule is COC(=O)c1ccc(C(=O)O[C@H](C)C(=O)N2CCc3ccccc32)cc1. The molecule has 26 heavy (non-hydrogen) atoms. The minimum Gasteiger partial charge on any atom is -0.465 e. The predicted octanol–water partition coefficient (Wildman–Crippen LogP) is 2.61. The van der Waals surface area contributed by atoms with E-state index in [9.17, 15) is 14.4 Å². The first-order chi connectivity index (χ1) is 12.5. The average Bonchev–Trinajstić information content (AvgIpc) is 3.10. The number of carbonyl (C=O) groups is 3. The van der Waals surface area contributed by atoms with Crippen molar-refractivity contribution in [3.05, 3.63) is 65.2 Å². The number of para-hydroxylation sites is 1. The van der Waals surface area contributed by atoms with Crippen molar-refractivity contribution in [2.24, 2.45) is 0 Å². The molecule has 3 rings (SSSR count). The van der Waals surface area contributed by atoms with E-state index < -0.39 is 18.0 Å². The summed E-state index contributed by atoms with van der Waals surface area (Å²) in [5, 5.41) is 0. The Balaban J connectivity index is 1.66. The van der Waals surface area contributed by atoms with Crippen LogP contribution in [0.3, 0.4) is 0 Å². The van der Waals surface area contributed by atoms with E-state index in [-0.39, 0.29) is 11.5 Å². The maximum Gasteiger partial charge on any atom is 0.338 e. The Kier molecular flexibility index (Phi) is 5.02. The minimum absolute atomic E-state index is 0.255. The number of nitrogens with zero attached hydrogens (tertiary/aromatic N) is 1. The average molecular weight is 353 g/mol. The van der Waals surface area contributed by atoms with Crippen LogP contribution in [-0.4, -0.2) is 37.6 Å². The number of hydrogen-bond acceptors (Lipinski definition) is 5. The Morgan fingerprint density at radius 2 is 1.58 bits per heavy atom. The number of esters is 2. The van der Waals surface area contributed by atoms with Crippen LogP contribution in [0, 0.1) is 0 Å². The summed E-state index contributed by atoms with van der Waals surface area (Å²) in [5.41, 5.74) is 2.57. The van der Waals surface area contributed by atoms with Crippen LogP contribution < -0.4 is 4.90 Å². The quantitative estimate of drug-likeness (QED) is 0.790. The predicted molar refractivity (Wildman–Crippen MR) is 95.2 cm³/mol. The third-order valence-electron chi connectivity index (χ3n) is 4.33. The summed E-state index contributed by atoms with van der Waals surface area (Å²) in [6.45, 7) is 2.14. The molecule has 0 radical (unpaired) electrons. The summed E-state index contributed by atoms with van der Waals surface area (Å²) in [5.74, 6) is -1.36. The second kappa shape index (κ2) is 7.39. The molecular weight excluding hydrogens is 334 g/mol. The van der Waals surface area contributed by atoms with Gasteiger partial charge in [0.25, 0.3) is 5.91 Å². The normalized spacial score (nSPS) is 13.7. The standard InChI is InChI=1S/C20H19NO5/c1-13(18(22)21-12-11-14-5-3-4-6-17(14)21)26-20(24)16-9-7-15(8-10-16)19(23)25-2/h3-10,13H,11-12H2,1-2H3/t13-/m1/s1. The fraction of sp³-hybridized carbons (Fsp3) is 0.250. The Morgan fingerprint density at radius 3 is 2.23 bits per heavy atom. The fourth-order valence-electron chi connectivity index (χ4n) is 2.93. The molecule has 6 heteroatoms. The number of fused-ring (bicyclic) bond motifs is 1. The first-order valence-electron chi connectivity index (χ1n) is 8.30. The molecule has 0 aromatic heterocycles. The van der Waals surface area contributed by atoms with Gasteiger partial charge in [-0.15, -0.1) is 0 Å². The third kappa shape index (κ3) is 3.44. The van der Waals surface area contributed by atoms with Gasteiger partial charge in [0, 0.05) is 12.2 Å². The minimum atomic E-state index is -0.908. The van der Waals surface area contributed by atoms with Gasteiger partial charge in [-0.25, -0.2) is 9.59 Å². The van der Waals surface area contributed by atoms with Gasteiger partial charge in [-0.3, -0.25) is 4.79 Å². The molecule has 0 saturated heterocycles. The maximum absolute atomic E-state index is 12.6. The Hall–Kier alpha value is -3.15. The number of ether oxygens (including phenoxy) is 2. The second-order valence-electron chi connectivity index (χ2n) is 5.99. The zero-order valence-electron chi connectivity index (χ0n) is 14.6. The molecule has 1 aliphatic rings. The van der Waals surface area contributed by atoms with E-state index in [2.05, 4.69) is 4.74 Å². The van der Waals surface area contributed by atoms with Crippen molar-refractivity contribution >= 4 is 23.5 Å². The Labute approximate surface area is 151 Å². The molecule has 2 aromatic rings. The van der Waals surface area contributed by atoms with Crippen LogP contribution in [0.5, 0.6) is 0 Å². The lowest BCUT2D eigenvalue weighted by molar-refractivity contribution is -0.126. The van der Waals surface area contributed by atoms with Gasteiger partial charge < -0.3 is 14.4 Å². The second-order valence-corrected chi connectivity index (χ2v) is 5.99. The van der Waals surface area contributed by atoms with E-state index in [1.54, 1.807) is 11.8 Å². The summed E-state index contributed by atoms with van der Waals surface area (Å²) in [6.07, 6.45) is -0.119. The number of amides is 1. The molecule has 0 fully saturated rings. The monoisotopic (exact) mass is 353 g/mol. The molecule has 1 atom stereocenters. The highest BCUT2D eigenvalue weighted by Crippen LogP contribution is 2.28.